The molecule has 1 aromatic carbocycles. The fourth-order valence-corrected chi connectivity index (χ4v) is 3.60. The third kappa shape index (κ3) is 3.19. The predicted octanol–water partition coefficient (Wildman–Crippen LogP) is 1.91. The van der Waals surface area contributed by atoms with E-state index >= 15 is 0 Å². The van der Waals surface area contributed by atoms with Gasteiger partial charge in [-0.15, -0.1) is 0 Å². The molecular weight excluding hydrogens is 279 g/mol. The lowest BCUT2D eigenvalue weighted by Gasteiger charge is -2.26. The van der Waals surface area contributed by atoms with Crippen molar-refractivity contribution in [1.29, 1.82) is 0 Å². The minimum absolute atomic E-state index is 0.0318. The summed E-state index contributed by atoms with van der Waals surface area (Å²) in [7, 11) is -3.73. The number of sulfonamides is 1. The molecule has 0 radical (unpaired) electrons. The first-order chi connectivity index (χ1) is 9.54. The van der Waals surface area contributed by atoms with Crippen LogP contribution in [-0.2, 0) is 16.6 Å². The van der Waals surface area contributed by atoms with Gasteiger partial charge in [0.25, 0.3) is 0 Å². The van der Waals surface area contributed by atoms with Gasteiger partial charge in [-0.25, -0.2) is 17.5 Å². The van der Waals surface area contributed by atoms with E-state index in [4.69, 9.17) is 0 Å². The monoisotopic (exact) mass is 298 g/mol. The van der Waals surface area contributed by atoms with E-state index in [0.717, 1.165) is 24.8 Å². The van der Waals surface area contributed by atoms with E-state index in [-0.39, 0.29) is 10.9 Å². The molecule has 20 heavy (non-hydrogen) atoms. The Labute approximate surface area is 118 Å². The summed E-state index contributed by atoms with van der Waals surface area (Å²) < 4.78 is 40.7. The number of benzene rings is 1. The first-order valence-corrected chi connectivity index (χ1v) is 8.57. The van der Waals surface area contributed by atoms with Crippen molar-refractivity contribution in [3.8, 4) is 0 Å². The van der Waals surface area contributed by atoms with Crippen molar-refractivity contribution in [2.75, 3.05) is 0 Å². The second kappa shape index (κ2) is 5.42. The molecule has 4 nitrogen and oxygen atoms in total. The Bertz CT molecular complexity index is 595. The van der Waals surface area contributed by atoms with Crippen LogP contribution in [0.3, 0.4) is 0 Å². The van der Waals surface area contributed by atoms with Crippen LogP contribution >= 0.6 is 0 Å². The number of hydrogen-bond acceptors (Lipinski definition) is 3. The Morgan fingerprint density at radius 1 is 1.15 bits per heavy atom. The lowest BCUT2D eigenvalue weighted by Crippen LogP contribution is -2.39. The second-order valence-corrected chi connectivity index (χ2v) is 7.35. The van der Waals surface area contributed by atoms with Crippen LogP contribution in [0.5, 0.6) is 0 Å². The first kappa shape index (κ1) is 14.0. The van der Waals surface area contributed by atoms with Crippen LogP contribution in [0.1, 0.15) is 37.7 Å². The average molecular weight is 298 g/mol. The van der Waals surface area contributed by atoms with E-state index in [1.54, 1.807) is 6.07 Å². The zero-order valence-electron chi connectivity index (χ0n) is 11.2. The fourth-order valence-electron chi connectivity index (χ4n) is 2.23. The van der Waals surface area contributed by atoms with Crippen molar-refractivity contribution >= 4 is 10.0 Å². The maximum absolute atomic E-state index is 14.0. The van der Waals surface area contributed by atoms with Crippen molar-refractivity contribution in [3.63, 3.8) is 0 Å². The van der Waals surface area contributed by atoms with Gasteiger partial charge < -0.3 is 5.32 Å². The predicted molar refractivity (Wildman–Crippen MR) is 74.2 cm³/mol. The summed E-state index contributed by atoms with van der Waals surface area (Å²) in [5.41, 5.74) is 0.775. The molecule has 0 spiro atoms. The van der Waals surface area contributed by atoms with Crippen molar-refractivity contribution in [2.45, 2.75) is 55.6 Å². The lowest BCUT2D eigenvalue weighted by molar-refractivity contribution is 0.382. The molecule has 0 atom stereocenters. The molecule has 0 heterocycles. The zero-order chi connectivity index (χ0) is 14.2. The molecule has 2 N–H and O–H groups in total. The summed E-state index contributed by atoms with van der Waals surface area (Å²) in [5.74, 6) is -0.674. The Morgan fingerprint density at radius 3 is 2.45 bits per heavy atom. The highest BCUT2D eigenvalue weighted by Gasteiger charge is 2.27. The molecule has 0 amide bonds. The van der Waals surface area contributed by atoms with Crippen LogP contribution in [-0.4, -0.2) is 20.5 Å². The van der Waals surface area contributed by atoms with Gasteiger partial charge in [0.1, 0.15) is 10.7 Å². The van der Waals surface area contributed by atoms with Gasteiger partial charge in [0.15, 0.2) is 0 Å². The lowest BCUT2D eigenvalue weighted by atomic mass is 9.94. The molecule has 2 aliphatic carbocycles. The molecule has 0 saturated heterocycles. The zero-order valence-corrected chi connectivity index (χ0v) is 12.0. The van der Waals surface area contributed by atoms with Gasteiger partial charge in [0.2, 0.25) is 10.0 Å². The Kier molecular flexibility index (Phi) is 3.79. The van der Waals surface area contributed by atoms with Gasteiger partial charge in [-0.2, -0.15) is 0 Å². The molecule has 2 saturated carbocycles. The van der Waals surface area contributed by atoms with Crippen LogP contribution in [0.25, 0.3) is 0 Å². The first-order valence-electron chi connectivity index (χ1n) is 7.09. The fraction of sp³-hybridized carbons (Fsp3) is 0.571. The van der Waals surface area contributed by atoms with Gasteiger partial charge in [0, 0.05) is 18.6 Å². The van der Waals surface area contributed by atoms with Crippen LogP contribution in [0.2, 0.25) is 0 Å². The Hall–Kier alpha value is -0.980. The minimum Gasteiger partial charge on any atom is -0.310 e. The van der Waals surface area contributed by atoms with Crippen molar-refractivity contribution in [1.82, 2.24) is 10.0 Å². The highest BCUT2D eigenvalue weighted by Crippen LogP contribution is 2.23. The van der Waals surface area contributed by atoms with E-state index in [1.807, 2.05) is 0 Å². The topological polar surface area (TPSA) is 58.2 Å². The molecule has 0 unspecified atom stereocenters. The summed E-state index contributed by atoms with van der Waals surface area (Å²) >= 11 is 0. The average Bonchev–Trinajstić information content (AvgIpc) is 3.15. The third-order valence-corrected chi connectivity index (χ3v) is 5.44. The standard InChI is InChI=1S/C14H19FN2O2S/c15-13-8-10(9-16-11-5-6-11)4-7-14(13)20(18,19)17-12-2-1-3-12/h4,7-8,11-12,16-17H,1-3,5-6,9H2. The quantitative estimate of drug-likeness (QED) is 0.843. The molecule has 0 bridgehead atoms. The molecule has 0 aliphatic heterocycles. The number of nitrogens with one attached hydrogen (secondary N) is 2. The molecular formula is C14H19FN2O2S. The SMILES string of the molecule is O=S(=O)(NC1CCC1)c1ccc(CNC2CC2)cc1F. The van der Waals surface area contributed by atoms with Gasteiger partial charge in [0.05, 0.1) is 0 Å². The van der Waals surface area contributed by atoms with Crippen molar-refractivity contribution in [2.24, 2.45) is 0 Å². The number of rotatable bonds is 6. The van der Waals surface area contributed by atoms with Crippen molar-refractivity contribution < 1.29 is 12.8 Å². The molecule has 0 aromatic heterocycles. The van der Waals surface area contributed by atoms with E-state index in [9.17, 15) is 12.8 Å². The Balaban J connectivity index is 1.71. The molecule has 2 fully saturated rings. The van der Waals surface area contributed by atoms with Crippen LogP contribution < -0.4 is 10.0 Å². The van der Waals surface area contributed by atoms with E-state index in [0.29, 0.717) is 12.6 Å². The van der Waals surface area contributed by atoms with Gasteiger partial charge in [-0.1, -0.05) is 12.5 Å². The summed E-state index contributed by atoms with van der Waals surface area (Å²) in [6.07, 6.45) is 5.04. The maximum Gasteiger partial charge on any atom is 0.243 e. The smallest absolute Gasteiger partial charge is 0.243 e. The minimum atomic E-state index is -3.73. The molecule has 6 heteroatoms. The maximum atomic E-state index is 14.0. The van der Waals surface area contributed by atoms with Crippen LogP contribution in [0.4, 0.5) is 4.39 Å². The molecule has 3 rings (SSSR count). The van der Waals surface area contributed by atoms with Gasteiger partial charge >= 0.3 is 0 Å². The normalized spacial score (nSPS) is 19.9. The van der Waals surface area contributed by atoms with Gasteiger partial charge in [-0.05, 0) is 43.4 Å². The molecule has 1 aromatic rings. The number of halogens is 1. The van der Waals surface area contributed by atoms with Crippen LogP contribution in [0, 0.1) is 5.82 Å². The van der Waals surface area contributed by atoms with Crippen LogP contribution in [0.15, 0.2) is 23.1 Å². The van der Waals surface area contributed by atoms with E-state index in [1.165, 1.54) is 25.0 Å². The third-order valence-electron chi connectivity index (χ3n) is 3.89. The summed E-state index contributed by atoms with van der Waals surface area (Å²) in [4.78, 5) is -0.250. The molecule has 2 aliphatic rings. The summed E-state index contributed by atoms with van der Waals surface area (Å²) in [6.45, 7) is 0.581. The highest BCUT2D eigenvalue weighted by molar-refractivity contribution is 7.89. The molecule has 110 valence electrons. The highest BCUT2D eigenvalue weighted by atomic mass is 32.2. The summed E-state index contributed by atoms with van der Waals surface area (Å²) in [6, 6.07) is 4.86. The van der Waals surface area contributed by atoms with E-state index < -0.39 is 15.8 Å². The van der Waals surface area contributed by atoms with Crippen molar-refractivity contribution in [3.05, 3.63) is 29.6 Å². The number of hydrogen-bond donors (Lipinski definition) is 2. The Morgan fingerprint density at radius 2 is 1.90 bits per heavy atom. The second-order valence-electron chi connectivity index (χ2n) is 5.67. The largest absolute Gasteiger partial charge is 0.310 e. The summed E-state index contributed by atoms with van der Waals surface area (Å²) in [5, 5.41) is 3.28. The van der Waals surface area contributed by atoms with Gasteiger partial charge in [-0.3, -0.25) is 0 Å². The van der Waals surface area contributed by atoms with E-state index in [2.05, 4.69) is 10.0 Å².